The molecule has 1 atom stereocenters. The van der Waals surface area contributed by atoms with Crippen molar-refractivity contribution in [3.63, 3.8) is 0 Å². The molecule has 2 rings (SSSR count). The number of rotatable bonds is 7. The summed E-state index contributed by atoms with van der Waals surface area (Å²) in [5.41, 5.74) is 0.943. The normalized spacial score (nSPS) is 21.0. The van der Waals surface area contributed by atoms with Gasteiger partial charge >= 0.3 is 17.9 Å². The average molecular weight is 350 g/mol. The van der Waals surface area contributed by atoms with Crippen LogP contribution in [0.2, 0.25) is 0 Å². The lowest BCUT2D eigenvalue weighted by Gasteiger charge is -2.26. The maximum atomic E-state index is 12.4. The van der Waals surface area contributed by atoms with E-state index in [0.717, 1.165) is 31.3 Å². The van der Waals surface area contributed by atoms with E-state index in [1.165, 1.54) is 26.9 Å². The summed E-state index contributed by atoms with van der Waals surface area (Å²) in [5, 5.41) is 0. The minimum atomic E-state index is -1.37. The van der Waals surface area contributed by atoms with E-state index in [9.17, 15) is 14.4 Å². The van der Waals surface area contributed by atoms with Gasteiger partial charge < -0.3 is 14.2 Å². The molecular formula is C19H26O6. The van der Waals surface area contributed by atoms with Crippen LogP contribution in [0.5, 0.6) is 0 Å². The summed E-state index contributed by atoms with van der Waals surface area (Å²) < 4.78 is 14.6. The van der Waals surface area contributed by atoms with E-state index in [2.05, 4.69) is 0 Å². The molecule has 25 heavy (non-hydrogen) atoms. The number of ether oxygens (including phenoxy) is 3. The largest absolute Gasteiger partial charge is 0.469 e. The average Bonchev–Trinajstić information content (AvgIpc) is 3.35. The highest BCUT2D eigenvalue weighted by Crippen LogP contribution is 2.38. The molecule has 2 aliphatic carbocycles. The second kappa shape index (κ2) is 8.32. The van der Waals surface area contributed by atoms with Crippen LogP contribution in [0.4, 0.5) is 0 Å². The highest BCUT2D eigenvalue weighted by Gasteiger charge is 2.47. The summed E-state index contributed by atoms with van der Waals surface area (Å²) in [6, 6.07) is 0. The van der Waals surface area contributed by atoms with E-state index in [4.69, 9.17) is 14.2 Å². The molecule has 6 heteroatoms. The molecular weight excluding hydrogens is 324 g/mol. The van der Waals surface area contributed by atoms with Gasteiger partial charge in [0.15, 0.2) is 5.41 Å². The van der Waals surface area contributed by atoms with E-state index in [0.29, 0.717) is 6.42 Å². The van der Waals surface area contributed by atoms with Crippen LogP contribution in [0, 0.1) is 11.3 Å². The number of hydrogen-bond donors (Lipinski definition) is 0. The van der Waals surface area contributed by atoms with Crippen LogP contribution in [0.3, 0.4) is 0 Å². The molecule has 0 aromatic rings. The molecule has 138 valence electrons. The summed E-state index contributed by atoms with van der Waals surface area (Å²) in [6.07, 6.45) is 8.43. The van der Waals surface area contributed by atoms with E-state index in [1.54, 1.807) is 0 Å². The zero-order valence-electron chi connectivity index (χ0n) is 15.1. The van der Waals surface area contributed by atoms with Crippen LogP contribution < -0.4 is 0 Å². The topological polar surface area (TPSA) is 78.9 Å². The fourth-order valence-electron chi connectivity index (χ4n) is 3.24. The first-order valence-electron chi connectivity index (χ1n) is 8.57. The number of methoxy groups -OCH3 is 3. The Labute approximate surface area is 148 Å². The summed E-state index contributed by atoms with van der Waals surface area (Å²) in [4.78, 5) is 36.5. The van der Waals surface area contributed by atoms with E-state index < -0.39 is 17.4 Å². The van der Waals surface area contributed by atoms with Crippen LogP contribution in [-0.4, -0.2) is 39.2 Å². The lowest BCUT2D eigenvalue weighted by atomic mass is 9.80. The Morgan fingerprint density at radius 1 is 0.920 bits per heavy atom. The van der Waals surface area contributed by atoms with Gasteiger partial charge in [-0.15, -0.1) is 0 Å². The van der Waals surface area contributed by atoms with Crippen LogP contribution in [0.25, 0.3) is 0 Å². The number of hydrogen-bond acceptors (Lipinski definition) is 6. The maximum absolute atomic E-state index is 12.4. The molecule has 2 saturated carbocycles. The van der Waals surface area contributed by atoms with E-state index >= 15 is 0 Å². The van der Waals surface area contributed by atoms with Gasteiger partial charge in [0.05, 0.1) is 27.2 Å². The van der Waals surface area contributed by atoms with Gasteiger partial charge in [-0.1, -0.05) is 23.3 Å². The summed E-state index contributed by atoms with van der Waals surface area (Å²) in [5.74, 6) is -1.53. The monoisotopic (exact) mass is 350 g/mol. The molecule has 6 nitrogen and oxygen atoms in total. The Balaban J connectivity index is 2.18. The van der Waals surface area contributed by atoms with Gasteiger partial charge in [0.1, 0.15) is 0 Å². The van der Waals surface area contributed by atoms with Crippen LogP contribution in [-0.2, 0) is 28.6 Å². The SMILES string of the molecule is COC(=O)C1CC/C(=C\CC(CC=C2CC2)(C(=O)OC)C(=O)OC)C1. The maximum Gasteiger partial charge on any atom is 0.323 e. The zero-order chi connectivity index (χ0) is 18.4. The van der Waals surface area contributed by atoms with Gasteiger partial charge in [0.25, 0.3) is 0 Å². The first-order valence-corrected chi connectivity index (χ1v) is 8.57. The Kier molecular flexibility index (Phi) is 6.39. The Bertz CT molecular complexity index is 579. The molecule has 2 aliphatic rings. The third-order valence-electron chi connectivity index (χ3n) is 5.03. The molecule has 0 spiro atoms. The third kappa shape index (κ3) is 4.50. The Morgan fingerprint density at radius 2 is 1.48 bits per heavy atom. The molecule has 0 saturated heterocycles. The van der Waals surface area contributed by atoms with E-state index in [-0.39, 0.29) is 24.7 Å². The van der Waals surface area contributed by atoms with Crippen molar-refractivity contribution in [3.05, 3.63) is 23.3 Å². The van der Waals surface area contributed by atoms with Crippen molar-refractivity contribution in [2.24, 2.45) is 11.3 Å². The number of allylic oxidation sites excluding steroid dienone is 4. The smallest absolute Gasteiger partial charge is 0.323 e. The standard InChI is InChI=1S/C19H26O6/c1-23-16(20)15-7-6-14(12-15)9-11-19(17(21)24-2,18(22)25-3)10-8-13-4-5-13/h8-9,15H,4-7,10-12H2,1-3H3/b14-9+. The fourth-order valence-corrected chi connectivity index (χ4v) is 3.24. The molecule has 0 aromatic carbocycles. The Morgan fingerprint density at radius 3 is 1.96 bits per heavy atom. The first kappa shape index (κ1) is 19.2. The fraction of sp³-hybridized carbons (Fsp3) is 0.632. The molecule has 0 bridgehead atoms. The van der Waals surface area contributed by atoms with Crippen molar-refractivity contribution in [2.75, 3.05) is 21.3 Å². The second-order valence-corrected chi connectivity index (χ2v) is 6.66. The highest BCUT2D eigenvalue weighted by molar-refractivity contribution is 6.00. The van der Waals surface area contributed by atoms with Crippen molar-refractivity contribution < 1.29 is 28.6 Å². The first-order chi connectivity index (χ1) is 12.0. The third-order valence-corrected chi connectivity index (χ3v) is 5.03. The quantitative estimate of drug-likeness (QED) is 0.304. The molecule has 0 aliphatic heterocycles. The molecule has 0 amide bonds. The van der Waals surface area contributed by atoms with Crippen molar-refractivity contribution >= 4 is 17.9 Å². The van der Waals surface area contributed by atoms with Crippen molar-refractivity contribution in [2.45, 2.75) is 44.9 Å². The van der Waals surface area contributed by atoms with Gasteiger partial charge in [-0.25, -0.2) is 0 Å². The van der Waals surface area contributed by atoms with Gasteiger partial charge in [0, 0.05) is 0 Å². The molecule has 1 unspecified atom stereocenters. The van der Waals surface area contributed by atoms with Crippen molar-refractivity contribution in [3.8, 4) is 0 Å². The predicted octanol–water partition coefficient (Wildman–Crippen LogP) is 2.72. The minimum absolute atomic E-state index is 0.143. The number of esters is 3. The minimum Gasteiger partial charge on any atom is -0.469 e. The zero-order valence-corrected chi connectivity index (χ0v) is 15.1. The Hall–Kier alpha value is -2.11. The van der Waals surface area contributed by atoms with Gasteiger partial charge in [-0.05, 0) is 44.9 Å². The number of carbonyl (C=O) groups excluding carboxylic acids is 3. The highest BCUT2D eigenvalue weighted by atomic mass is 16.5. The molecule has 2 fully saturated rings. The molecule has 0 radical (unpaired) electrons. The van der Waals surface area contributed by atoms with Crippen molar-refractivity contribution in [1.29, 1.82) is 0 Å². The van der Waals surface area contributed by atoms with Crippen LogP contribution >= 0.6 is 0 Å². The van der Waals surface area contributed by atoms with Crippen LogP contribution in [0.1, 0.15) is 44.9 Å². The summed E-state index contributed by atoms with van der Waals surface area (Å²) in [7, 11) is 3.94. The van der Waals surface area contributed by atoms with Crippen molar-refractivity contribution in [1.82, 2.24) is 0 Å². The van der Waals surface area contributed by atoms with Crippen LogP contribution in [0.15, 0.2) is 23.3 Å². The lowest BCUT2D eigenvalue weighted by molar-refractivity contribution is -0.168. The summed E-state index contributed by atoms with van der Waals surface area (Å²) in [6.45, 7) is 0. The summed E-state index contributed by atoms with van der Waals surface area (Å²) >= 11 is 0. The van der Waals surface area contributed by atoms with E-state index in [1.807, 2.05) is 12.2 Å². The molecule has 0 heterocycles. The predicted molar refractivity (Wildman–Crippen MR) is 90.5 cm³/mol. The second-order valence-electron chi connectivity index (χ2n) is 6.66. The molecule has 0 aromatic heterocycles. The lowest BCUT2D eigenvalue weighted by Crippen LogP contribution is -2.40. The molecule has 0 N–H and O–H groups in total. The van der Waals surface area contributed by atoms with Gasteiger partial charge in [-0.3, -0.25) is 14.4 Å². The number of carbonyl (C=O) groups is 3. The van der Waals surface area contributed by atoms with Gasteiger partial charge in [0.2, 0.25) is 0 Å². The van der Waals surface area contributed by atoms with Gasteiger partial charge in [-0.2, -0.15) is 0 Å².